The Labute approximate surface area is 221 Å². The molecule has 0 saturated heterocycles. The maximum atomic E-state index is 4.89. The van der Waals surface area contributed by atoms with Crippen molar-refractivity contribution in [1.82, 2.24) is 9.38 Å². The fourth-order valence-electron chi connectivity index (χ4n) is 5.68. The molecule has 0 amide bonds. The minimum absolute atomic E-state index is 1.05. The van der Waals surface area contributed by atoms with Crippen LogP contribution in [0.2, 0.25) is 6.55 Å². The molecular weight excluding hydrogens is 485 g/mol. The predicted molar refractivity (Wildman–Crippen MR) is 162 cm³/mol. The van der Waals surface area contributed by atoms with Crippen molar-refractivity contribution in [2.45, 2.75) is 13.5 Å². The second-order valence-corrected chi connectivity index (χ2v) is 14.9. The standard InChI is InChI=1S/C33H26N2SSi/c1-23-20-32-31(35-30-19-10-9-18-29(30)34-33(35)36-32)22-28(23)24-12-11-17-27(21-24)37(2,25-13-5-3-6-14-25)26-15-7-4-8-16-26/h3-22H,1-2H3. The molecule has 0 spiro atoms. The maximum Gasteiger partial charge on any atom is 0.195 e. The number of rotatable bonds is 4. The van der Waals surface area contributed by atoms with Crippen molar-refractivity contribution in [2.75, 3.05) is 0 Å². The lowest BCUT2D eigenvalue weighted by molar-refractivity contribution is 1.34. The largest absolute Gasteiger partial charge is 0.283 e. The van der Waals surface area contributed by atoms with Gasteiger partial charge in [0.1, 0.15) is 8.07 Å². The fraction of sp³-hybridized carbons (Fsp3) is 0.0606. The average molecular weight is 511 g/mol. The summed E-state index contributed by atoms with van der Waals surface area (Å²) >= 11 is 1.77. The number of aryl methyl sites for hydroxylation is 1. The van der Waals surface area contributed by atoms with Gasteiger partial charge in [0.25, 0.3) is 0 Å². The molecule has 0 radical (unpaired) electrons. The molecule has 0 unspecified atom stereocenters. The molecule has 0 N–H and O–H groups in total. The molecule has 0 atom stereocenters. The van der Waals surface area contributed by atoms with Crippen LogP contribution in [0.15, 0.2) is 121 Å². The van der Waals surface area contributed by atoms with Gasteiger partial charge in [0.15, 0.2) is 4.96 Å². The number of benzene rings is 5. The van der Waals surface area contributed by atoms with Gasteiger partial charge in [-0.05, 0) is 63.4 Å². The molecule has 0 bridgehead atoms. The second kappa shape index (κ2) is 8.55. The first-order valence-electron chi connectivity index (χ1n) is 12.7. The van der Waals surface area contributed by atoms with Crippen LogP contribution in [0.5, 0.6) is 0 Å². The molecule has 0 aliphatic carbocycles. The topological polar surface area (TPSA) is 17.3 Å². The maximum absolute atomic E-state index is 4.89. The van der Waals surface area contributed by atoms with E-state index in [1.165, 1.54) is 48.0 Å². The van der Waals surface area contributed by atoms with Crippen LogP contribution >= 0.6 is 11.3 Å². The molecule has 0 aliphatic rings. The van der Waals surface area contributed by atoms with Gasteiger partial charge in [-0.2, -0.15) is 0 Å². The third kappa shape index (κ3) is 3.48. The van der Waals surface area contributed by atoms with E-state index in [9.17, 15) is 0 Å². The molecule has 2 aromatic heterocycles. The number of fused-ring (bicyclic) bond motifs is 5. The Morgan fingerprint density at radius 1 is 0.649 bits per heavy atom. The molecule has 5 aromatic carbocycles. The molecule has 2 heterocycles. The first-order chi connectivity index (χ1) is 18.1. The summed E-state index contributed by atoms with van der Waals surface area (Å²) in [6, 6.07) is 44.5. The lowest BCUT2D eigenvalue weighted by Gasteiger charge is -2.30. The van der Waals surface area contributed by atoms with Crippen molar-refractivity contribution in [3.05, 3.63) is 127 Å². The van der Waals surface area contributed by atoms with Crippen LogP contribution in [0.4, 0.5) is 0 Å². The zero-order valence-electron chi connectivity index (χ0n) is 20.8. The van der Waals surface area contributed by atoms with Gasteiger partial charge >= 0.3 is 0 Å². The molecule has 4 heteroatoms. The minimum atomic E-state index is -2.18. The second-order valence-electron chi connectivity index (χ2n) is 9.89. The quantitative estimate of drug-likeness (QED) is 0.188. The third-order valence-electron chi connectivity index (χ3n) is 7.73. The van der Waals surface area contributed by atoms with E-state index < -0.39 is 8.07 Å². The van der Waals surface area contributed by atoms with Gasteiger partial charge in [0.05, 0.1) is 21.3 Å². The molecule has 0 saturated carbocycles. The van der Waals surface area contributed by atoms with Crippen LogP contribution in [0.1, 0.15) is 5.56 Å². The van der Waals surface area contributed by atoms with E-state index >= 15 is 0 Å². The number of hydrogen-bond acceptors (Lipinski definition) is 2. The van der Waals surface area contributed by atoms with Crippen LogP contribution < -0.4 is 15.6 Å². The molecule has 2 nitrogen and oxygen atoms in total. The van der Waals surface area contributed by atoms with Crippen LogP contribution in [-0.2, 0) is 0 Å². The van der Waals surface area contributed by atoms with Gasteiger partial charge in [-0.1, -0.05) is 115 Å². The summed E-state index contributed by atoms with van der Waals surface area (Å²) in [4.78, 5) is 5.94. The lowest BCUT2D eigenvalue weighted by Crippen LogP contribution is -2.64. The molecular formula is C33H26N2SSi. The van der Waals surface area contributed by atoms with E-state index in [1.54, 1.807) is 11.3 Å². The number of thiazole rings is 1. The highest BCUT2D eigenvalue weighted by molar-refractivity contribution is 7.23. The first-order valence-corrected chi connectivity index (χ1v) is 16.0. The van der Waals surface area contributed by atoms with Crippen molar-refractivity contribution >= 4 is 61.2 Å². The van der Waals surface area contributed by atoms with Crippen molar-refractivity contribution in [3.8, 4) is 11.1 Å². The smallest absolute Gasteiger partial charge is 0.195 e. The first kappa shape index (κ1) is 22.2. The summed E-state index contributed by atoms with van der Waals surface area (Å²) in [6.45, 7) is 4.71. The normalized spacial score (nSPS) is 12.1. The number of nitrogens with zero attached hydrogens (tertiary/aromatic N) is 2. The van der Waals surface area contributed by atoms with E-state index in [2.05, 4.69) is 139 Å². The van der Waals surface area contributed by atoms with E-state index in [0.717, 1.165) is 10.5 Å². The van der Waals surface area contributed by atoms with Gasteiger partial charge in [0.2, 0.25) is 0 Å². The van der Waals surface area contributed by atoms with E-state index in [0.29, 0.717) is 0 Å². The molecule has 0 aliphatic heterocycles. The predicted octanol–water partition coefficient (Wildman–Crippen LogP) is 6.78. The van der Waals surface area contributed by atoms with Gasteiger partial charge in [-0.15, -0.1) is 0 Å². The number of imidazole rings is 1. The third-order valence-corrected chi connectivity index (χ3v) is 13.2. The highest BCUT2D eigenvalue weighted by atomic mass is 32.1. The highest BCUT2D eigenvalue weighted by Crippen LogP contribution is 2.35. The zero-order chi connectivity index (χ0) is 25.0. The SMILES string of the molecule is Cc1cc2sc3nc4ccccc4n3c2cc1-c1cccc([Si](C)(c2ccccc2)c2ccccc2)c1. The Morgan fingerprint density at radius 2 is 1.30 bits per heavy atom. The summed E-state index contributed by atoms with van der Waals surface area (Å²) in [5.74, 6) is 0. The zero-order valence-corrected chi connectivity index (χ0v) is 22.7. The molecule has 7 aromatic rings. The van der Waals surface area contributed by atoms with E-state index in [-0.39, 0.29) is 0 Å². The summed E-state index contributed by atoms with van der Waals surface area (Å²) in [6.07, 6.45) is 0. The van der Waals surface area contributed by atoms with Crippen LogP contribution in [0.3, 0.4) is 0 Å². The summed E-state index contributed by atoms with van der Waals surface area (Å²) in [7, 11) is -2.18. The van der Waals surface area contributed by atoms with E-state index in [4.69, 9.17) is 4.98 Å². The van der Waals surface area contributed by atoms with Crippen LogP contribution in [0, 0.1) is 6.92 Å². The Morgan fingerprint density at radius 3 is 2.03 bits per heavy atom. The molecule has 178 valence electrons. The lowest BCUT2D eigenvalue weighted by atomic mass is 10.0. The Kier molecular flexibility index (Phi) is 5.13. The Hall–Kier alpha value is -3.99. The van der Waals surface area contributed by atoms with Gasteiger partial charge < -0.3 is 0 Å². The van der Waals surface area contributed by atoms with Gasteiger partial charge in [-0.3, -0.25) is 4.40 Å². The molecule has 7 rings (SSSR count). The van der Waals surface area contributed by atoms with Gasteiger partial charge in [0, 0.05) is 0 Å². The fourth-order valence-corrected chi connectivity index (χ4v) is 10.4. The monoisotopic (exact) mass is 510 g/mol. The van der Waals surface area contributed by atoms with Crippen LogP contribution in [0.25, 0.3) is 37.3 Å². The van der Waals surface area contributed by atoms with Crippen molar-refractivity contribution < 1.29 is 0 Å². The summed E-state index contributed by atoms with van der Waals surface area (Å²) in [5, 5.41) is 4.27. The number of para-hydroxylation sites is 2. The van der Waals surface area contributed by atoms with Gasteiger partial charge in [-0.25, -0.2) is 4.98 Å². The summed E-state index contributed by atoms with van der Waals surface area (Å²) < 4.78 is 3.59. The van der Waals surface area contributed by atoms with Crippen molar-refractivity contribution in [1.29, 1.82) is 0 Å². The molecule has 37 heavy (non-hydrogen) atoms. The van der Waals surface area contributed by atoms with Crippen LogP contribution in [-0.4, -0.2) is 17.5 Å². The molecule has 0 fully saturated rings. The van der Waals surface area contributed by atoms with Crippen molar-refractivity contribution in [2.24, 2.45) is 0 Å². The summed E-state index contributed by atoms with van der Waals surface area (Å²) in [5.41, 5.74) is 7.29. The number of aromatic nitrogens is 2. The Bertz CT molecular complexity index is 1860. The number of hydrogen-bond donors (Lipinski definition) is 0. The van der Waals surface area contributed by atoms with Crippen molar-refractivity contribution in [3.63, 3.8) is 0 Å². The minimum Gasteiger partial charge on any atom is -0.283 e. The average Bonchev–Trinajstić information content (AvgIpc) is 3.48. The Balaban J connectivity index is 1.44. The highest BCUT2D eigenvalue weighted by Gasteiger charge is 2.34. The van der Waals surface area contributed by atoms with E-state index in [1.807, 2.05) is 0 Å².